The summed E-state index contributed by atoms with van der Waals surface area (Å²) in [5, 5.41) is 23.3. The maximum absolute atomic E-state index is 12.3. The van der Waals surface area contributed by atoms with Crippen molar-refractivity contribution in [3.63, 3.8) is 0 Å². The van der Waals surface area contributed by atoms with E-state index in [0.717, 1.165) is 25.7 Å². The number of nitrogens with zero attached hydrogens (tertiary/aromatic N) is 4. The lowest BCUT2D eigenvalue weighted by atomic mass is 10.1. The van der Waals surface area contributed by atoms with E-state index in [1.165, 1.54) is 17.2 Å². The first-order valence-corrected chi connectivity index (χ1v) is 8.77. The Kier molecular flexibility index (Phi) is 5.64. The first-order chi connectivity index (χ1) is 12.5. The van der Waals surface area contributed by atoms with Gasteiger partial charge >= 0.3 is 0 Å². The Morgan fingerprint density at radius 2 is 2.08 bits per heavy atom. The van der Waals surface area contributed by atoms with Crippen LogP contribution in [-0.2, 0) is 9.53 Å². The molecule has 26 heavy (non-hydrogen) atoms. The molecule has 0 bridgehead atoms. The van der Waals surface area contributed by atoms with E-state index in [2.05, 4.69) is 27.2 Å². The lowest BCUT2D eigenvalue weighted by Gasteiger charge is -2.16. The fraction of sp³-hybridized carbons (Fsp3) is 0.625. The van der Waals surface area contributed by atoms with Crippen LogP contribution < -0.4 is 11.1 Å². The highest BCUT2D eigenvalue weighted by atomic mass is 16.6. The van der Waals surface area contributed by atoms with Crippen molar-refractivity contribution in [2.24, 2.45) is 0 Å². The number of aromatic nitrogens is 4. The molecule has 0 aromatic carbocycles. The number of carbonyl (C=O) groups is 1. The van der Waals surface area contributed by atoms with Crippen LogP contribution in [0, 0.1) is 0 Å². The molecule has 1 saturated heterocycles. The van der Waals surface area contributed by atoms with Crippen LogP contribution in [0.5, 0.6) is 0 Å². The van der Waals surface area contributed by atoms with E-state index in [1.807, 2.05) is 0 Å². The highest BCUT2D eigenvalue weighted by molar-refractivity contribution is 5.82. The average Bonchev–Trinajstić information content (AvgIpc) is 3.18. The number of nitrogen functional groups attached to an aromatic ring is 1. The summed E-state index contributed by atoms with van der Waals surface area (Å²) < 4.78 is 7.07. The minimum atomic E-state index is -1.35. The van der Waals surface area contributed by atoms with Gasteiger partial charge in [0.1, 0.15) is 24.1 Å². The van der Waals surface area contributed by atoms with Gasteiger partial charge in [0.25, 0.3) is 5.91 Å². The molecular formula is C16H24N6O4. The van der Waals surface area contributed by atoms with Gasteiger partial charge in [-0.3, -0.25) is 9.36 Å². The van der Waals surface area contributed by atoms with Gasteiger partial charge in [0.2, 0.25) is 0 Å². The predicted octanol–water partition coefficient (Wildman–Crippen LogP) is -0.276. The second-order valence-electron chi connectivity index (χ2n) is 6.36. The average molecular weight is 364 g/mol. The summed E-state index contributed by atoms with van der Waals surface area (Å²) in [5.74, 6) is -0.253. The van der Waals surface area contributed by atoms with Crippen LogP contribution in [0.3, 0.4) is 0 Å². The summed E-state index contributed by atoms with van der Waals surface area (Å²) in [7, 11) is 0. The summed E-state index contributed by atoms with van der Waals surface area (Å²) >= 11 is 0. The highest BCUT2D eigenvalue weighted by Crippen LogP contribution is 2.32. The van der Waals surface area contributed by atoms with Gasteiger partial charge in [-0.25, -0.2) is 15.0 Å². The summed E-state index contributed by atoms with van der Waals surface area (Å²) in [5.41, 5.74) is 6.47. The Labute approximate surface area is 150 Å². The van der Waals surface area contributed by atoms with Gasteiger partial charge in [0.15, 0.2) is 23.8 Å². The zero-order chi connectivity index (χ0) is 18.7. The van der Waals surface area contributed by atoms with Gasteiger partial charge in [0, 0.05) is 6.54 Å². The van der Waals surface area contributed by atoms with Gasteiger partial charge in [-0.2, -0.15) is 0 Å². The van der Waals surface area contributed by atoms with Gasteiger partial charge in [-0.15, -0.1) is 0 Å². The number of imidazole rings is 1. The van der Waals surface area contributed by atoms with Crippen LogP contribution >= 0.6 is 0 Å². The number of nitrogens with two attached hydrogens (primary N) is 1. The zero-order valence-electron chi connectivity index (χ0n) is 14.6. The lowest BCUT2D eigenvalue weighted by molar-refractivity contribution is -0.137. The Hall–Kier alpha value is -2.30. The van der Waals surface area contributed by atoms with Crippen LogP contribution in [0.1, 0.15) is 38.8 Å². The SMILES string of the molecule is CCCCCCNC(=O)[C@H]1OC(n2cnc3c(N)ncnc32)[C@H](O)[C@@H]1O. The molecule has 10 nitrogen and oxygen atoms in total. The number of hydrogen-bond donors (Lipinski definition) is 4. The molecule has 1 aliphatic rings. The number of unbranched alkanes of at least 4 members (excludes halogenated alkanes) is 3. The summed E-state index contributed by atoms with van der Waals surface area (Å²) in [6, 6.07) is 0. The van der Waals surface area contributed by atoms with E-state index < -0.39 is 30.4 Å². The van der Waals surface area contributed by atoms with Crippen molar-refractivity contribution >= 4 is 22.9 Å². The topological polar surface area (TPSA) is 148 Å². The molecule has 2 aromatic rings. The molecular weight excluding hydrogens is 340 g/mol. The standard InChI is InChI=1S/C16H24N6O4/c1-2-3-4-5-6-18-15(25)12-10(23)11(24)16(26-12)22-8-21-9-13(17)19-7-20-14(9)22/h7-8,10-12,16,23-24H,2-6H2,1H3,(H,18,25)(H2,17,19,20)/t10-,11+,12-,16?/m0/s1. The highest BCUT2D eigenvalue weighted by Gasteiger charge is 2.47. The van der Waals surface area contributed by atoms with Crippen molar-refractivity contribution < 1.29 is 19.7 Å². The van der Waals surface area contributed by atoms with E-state index in [0.29, 0.717) is 17.7 Å². The minimum Gasteiger partial charge on any atom is -0.387 e. The molecule has 5 N–H and O–H groups in total. The Morgan fingerprint density at radius 1 is 1.27 bits per heavy atom. The van der Waals surface area contributed by atoms with Crippen molar-refractivity contribution in [3.05, 3.63) is 12.7 Å². The number of rotatable bonds is 7. The number of aliphatic hydroxyl groups excluding tert-OH is 2. The van der Waals surface area contributed by atoms with Crippen LogP contribution in [0.15, 0.2) is 12.7 Å². The van der Waals surface area contributed by atoms with Crippen molar-refractivity contribution in [1.82, 2.24) is 24.8 Å². The van der Waals surface area contributed by atoms with Crippen LogP contribution in [-0.4, -0.2) is 60.5 Å². The number of anilines is 1. The quantitative estimate of drug-likeness (QED) is 0.490. The lowest BCUT2D eigenvalue weighted by Crippen LogP contribution is -2.43. The third-order valence-corrected chi connectivity index (χ3v) is 4.49. The van der Waals surface area contributed by atoms with E-state index in [4.69, 9.17) is 10.5 Å². The molecule has 4 atom stereocenters. The maximum atomic E-state index is 12.3. The molecule has 0 spiro atoms. The van der Waals surface area contributed by atoms with Gasteiger partial charge in [0.05, 0.1) is 6.33 Å². The largest absolute Gasteiger partial charge is 0.387 e. The molecule has 3 heterocycles. The van der Waals surface area contributed by atoms with E-state index in [-0.39, 0.29) is 5.82 Å². The number of fused-ring (bicyclic) bond motifs is 1. The summed E-state index contributed by atoms with van der Waals surface area (Å²) in [6.45, 7) is 2.62. The fourth-order valence-corrected chi connectivity index (χ4v) is 3.03. The number of carbonyl (C=O) groups excluding carboxylic acids is 1. The predicted molar refractivity (Wildman–Crippen MR) is 92.8 cm³/mol. The fourth-order valence-electron chi connectivity index (χ4n) is 3.03. The van der Waals surface area contributed by atoms with Crippen LogP contribution in [0.25, 0.3) is 11.2 Å². The molecule has 142 valence electrons. The second-order valence-corrected chi connectivity index (χ2v) is 6.36. The van der Waals surface area contributed by atoms with Gasteiger partial charge < -0.3 is 26.0 Å². The monoisotopic (exact) mass is 364 g/mol. The number of amides is 1. The molecule has 0 radical (unpaired) electrons. The first-order valence-electron chi connectivity index (χ1n) is 8.77. The Bertz CT molecular complexity index is 766. The number of nitrogens with one attached hydrogen (secondary N) is 1. The molecule has 10 heteroatoms. The molecule has 0 aliphatic carbocycles. The van der Waals surface area contributed by atoms with Crippen molar-refractivity contribution in [1.29, 1.82) is 0 Å². The molecule has 2 aromatic heterocycles. The van der Waals surface area contributed by atoms with Gasteiger partial charge in [-0.1, -0.05) is 26.2 Å². The third kappa shape index (κ3) is 3.48. The van der Waals surface area contributed by atoms with E-state index in [9.17, 15) is 15.0 Å². The number of ether oxygens (including phenoxy) is 1. The second kappa shape index (κ2) is 7.94. The van der Waals surface area contributed by atoms with Crippen LogP contribution in [0.2, 0.25) is 0 Å². The number of hydrogen-bond acceptors (Lipinski definition) is 8. The third-order valence-electron chi connectivity index (χ3n) is 4.49. The maximum Gasteiger partial charge on any atom is 0.252 e. The minimum absolute atomic E-state index is 0.197. The molecule has 1 aliphatic heterocycles. The summed E-state index contributed by atoms with van der Waals surface area (Å²) in [6.07, 6.45) is 1.94. The summed E-state index contributed by atoms with van der Waals surface area (Å²) in [4.78, 5) is 24.3. The molecule has 3 rings (SSSR count). The van der Waals surface area contributed by atoms with Crippen molar-refractivity contribution in [2.75, 3.05) is 12.3 Å². The van der Waals surface area contributed by atoms with Crippen molar-refractivity contribution in [2.45, 2.75) is 57.1 Å². The molecule has 1 fully saturated rings. The van der Waals surface area contributed by atoms with Crippen molar-refractivity contribution in [3.8, 4) is 0 Å². The number of aliphatic hydroxyl groups is 2. The zero-order valence-corrected chi connectivity index (χ0v) is 14.6. The van der Waals surface area contributed by atoms with E-state index in [1.54, 1.807) is 0 Å². The molecule has 1 unspecified atom stereocenters. The Balaban J connectivity index is 1.69. The van der Waals surface area contributed by atoms with Crippen LogP contribution in [0.4, 0.5) is 5.82 Å². The van der Waals surface area contributed by atoms with E-state index >= 15 is 0 Å². The Morgan fingerprint density at radius 3 is 2.85 bits per heavy atom. The smallest absolute Gasteiger partial charge is 0.252 e. The molecule has 1 amide bonds. The molecule has 0 saturated carbocycles. The first kappa shape index (κ1) is 18.5. The van der Waals surface area contributed by atoms with Gasteiger partial charge in [-0.05, 0) is 6.42 Å². The normalized spacial score (nSPS) is 25.7.